The number of fused-ring (bicyclic) bond motifs is 1. The van der Waals surface area contributed by atoms with Crippen LogP contribution in [0, 0.1) is 0 Å². The van der Waals surface area contributed by atoms with Crippen LogP contribution in [0.2, 0.25) is 4.34 Å². The quantitative estimate of drug-likeness (QED) is 0.741. The molecule has 1 amide bonds. The monoisotopic (exact) mass is 460 g/mol. The van der Waals surface area contributed by atoms with Crippen LogP contribution < -0.4 is 5.32 Å². The summed E-state index contributed by atoms with van der Waals surface area (Å²) < 4.78 is 27.7. The van der Waals surface area contributed by atoms with Crippen molar-refractivity contribution in [3.8, 4) is 0 Å². The van der Waals surface area contributed by atoms with Gasteiger partial charge >= 0.3 is 0 Å². The molecule has 2 aliphatic rings. The van der Waals surface area contributed by atoms with Crippen LogP contribution in [0.15, 0.2) is 16.3 Å². The predicted octanol–water partition coefficient (Wildman–Crippen LogP) is 3.03. The molecular weight excluding hydrogens is 440 g/mol. The summed E-state index contributed by atoms with van der Waals surface area (Å²) in [5, 5.41) is 3.41. The predicted molar refractivity (Wildman–Crippen MR) is 112 cm³/mol. The van der Waals surface area contributed by atoms with Crippen molar-refractivity contribution in [1.82, 2.24) is 14.2 Å². The number of likely N-dealkylation sites (N-methyl/N-ethyl adjacent to an activating group) is 1. The number of halogens is 1. The fraction of sp³-hybridized carbons (Fsp3) is 0.529. The molecule has 1 fully saturated rings. The van der Waals surface area contributed by atoms with Gasteiger partial charge in [0, 0.05) is 30.9 Å². The zero-order valence-corrected chi connectivity index (χ0v) is 18.6. The number of thiophene rings is 1. The first-order valence-corrected chi connectivity index (χ1v) is 12.6. The molecule has 0 radical (unpaired) electrons. The summed E-state index contributed by atoms with van der Waals surface area (Å²) in [6.45, 7) is 5.27. The lowest BCUT2D eigenvalue weighted by Crippen LogP contribution is -2.42. The highest BCUT2D eigenvalue weighted by atomic mass is 35.5. The van der Waals surface area contributed by atoms with Crippen molar-refractivity contribution in [2.75, 3.05) is 25.0 Å². The Morgan fingerprint density at radius 2 is 2.18 bits per heavy atom. The van der Waals surface area contributed by atoms with Gasteiger partial charge in [0.15, 0.2) is 5.13 Å². The van der Waals surface area contributed by atoms with E-state index in [0.29, 0.717) is 28.9 Å². The zero-order chi connectivity index (χ0) is 19.9. The van der Waals surface area contributed by atoms with Crippen molar-refractivity contribution in [3.05, 3.63) is 27.0 Å². The van der Waals surface area contributed by atoms with Crippen molar-refractivity contribution in [2.45, 2.75) is 43.0 Å². The van der Waals surface area contributed by atoms with Gasteiger partial charge in [0.2, 0.25) is 5.91 Å². The van der Waals surface area contributed by atoms with Gasteiger partial charge in [-0.1, -0.05) is 18.5 Å². The molecule has 11 heteroatoms. The molecule has 2 aromatic rings. The molecule has 1 saturated heterocycles. The van der Waals surface area contributed by atoms with Gasteiger partial charge in [0.25, 0.3) is 10.0 Å². The van der Waals surface area contributed by atoms with Crippen molar-refractivity contribution >= 4 is 55.3 Å². The summed E-state index contributed by atoms with van der Waals surface area (Å²) in [6.07, 6.45) is 2.02. The fourth-order valence-electron chi connectivity index (χ4n) is 3.60. The number of nitrogens with one attached hydrogen (secondary N) is 1. The van der Waals surface area contributed by atoms with Gasteiger partial charge in [-0.2, -0.15) is 4.31 Å². The third-order valence-electron chi connectivity index (χ3n) is 5.11. The van der Waals surface area contributed by atoms with Gasteiger partial charge in [-0.15, -0.1) is 22.7 Å². The molecule has 4 heterocycles. The SMILES string of the molecule is CCN1CCc2nc(NC(=O)[C@@H]3CCCN3S(=O)(=O)c3ccc(Cl)s3)sc2C1. The number of carbonyl (C=O) groups is 1. The molecule has 4 rings (SSSR count). The first-order valence-electron chi connectivity index (χ1n) is 9.17. The van der Waals surface area contributed by atoms with Gasteiger partial charge < -0.3 is 5.32 Å². The van der Waals surface area contributed by atoms with Gasteiger partial charge in [0.1, 0.15) is 10.3 Å². The summed E-state index contributed by atoms with van der Waals surface area (Å²) in [5.74, 6) is -0.317. The van der Waals surface area contributed by atoms with Gasteiger partial charge in [0.05, 0.1) is 10.0 Å². The van der Waals surface area contributed by atoms with E-state index in [0.717, 1.165) is 43.1 Å². The van der Waals surface area contributed by atoms with E-state index < -0.39 is 16.1 Å². The minimum atomic E-state index is -3.73. The third-order valence-corrected chi connectivity index (χ3v) is 9.71. The number of thiazole rings is 1. The Morgan fingerprint density at radius 3 is 2.89 bits per heavy atom. The van der Waals surface area contributed by atoms with E-state index in [4.69, 9.17) is 11.6 Å². The number of carbonyl (C=O) groups excluding carboxylic acids is 1. The van der Waals surface area contributed by atoms with E-state index >= 15 is 0 Å². The van der Waals surface area contributed by atoms with Crippen LogP contribution in [0.4, 0.5) is 5.13 Å². The van der Waals surface area contributed by atoms with Gasteiger partial charge in [-0.25, -0.2) is 13.4 Å². The number of aromatic nitrogens is 1. The van der Waals surface area contributed by atoms with E-state index in [1.807, 2.05) is 0 Å². The minimum Gasteiger partial charge on any atom is -0.301 e. The first kappa shape index (κ1) is 20.2. The van der Waals surface area contributed by atoms with Crippen LogP contribution in [0.5, 0.6) is 0 Å². The van der Waals surface area contributed by atoms with Gasteiger partial charge in [-0.3, -0.25) is 9.69 Å². The molecule has 0 spiro atoms. The highest BCUT2D eigenvalue weighted by Crippen LogP contribution is 2.33. The normalized spacial score (nSPS) is 21.0. The summed E-state index contributed by atoms with van der Waals surface area (Å²) in [5.41, 5.74) is 1.04. The second-order valence-corrected chi connectivity index (χ2v) is 11.7. The molecular formula is C17H21ClN4O3S3. The Bertz CT molecular complexity index is 988. The average molecular weight is 461 g/mol. The van der Waals surface area contributed by atoms with Crippen LogP contribution >= 0.6 is 34.3 Å². The number of amides is 1. The van der Waals surface area contributed by atoms with E-state index in [-0.39, 0.29) is 10.1 Å². The molecule has 0 bridgehead atoms. The smallest absolute Gasteiger partial charge is 0.253 e. The van der Waals surface area contributed by atoms with E-state index in [1.165, 1.54) is 26.6 Å². The second kappa shape index (κ2) is 8.00. The van der Waals surface area contributed by atoms with Crippen LogP contribution in [0.3, 0.4) is 0 Å². The maximum atomic E-state index is 12.9. The fourth-order valence-corrected chi connectivity index (χ4v) is 7.92. The maximum absolute atomic E-state index is 12.9. The van der Waals surface area contributed by atoms with Crippen molar-refractivity contribution < 1.29 is 13.2 Å². The van der Waals surface area contributed by atoms with E-state index in [2.05, 4.69) is 22.1 Å². The van der Waals surface area contributed by atoms with E-state index in [1.54, 1.807) is 6.07 Å². The highest BCUT2D eigenvalue weighted by molar-refractivity contribution is 7.91. The Kier molecular flexibility index (Phi) is 5.78. The summed E-state index contributed by atoms with van der Waals surface area (Å²) in [4.78, 5) is 20.9. The number of hydrogen-bond donors (Lipinski definition) is 1. The molecule has 0 aliphatic carbocycles. The topological polar surface area (TPSA) is 82.6 Å². The maximum Gasteiger partial charge on any atom is 0.253 e. The van der Waals surface area contributed by atoms with Crippen molar-refractivity contribution in [2.24, 2.45) is 0 Å². The number of hydrogen-bond acceptors (Lipinski definition) is 7. The summed E-state index contributed by atoms with van der Waals surface area (Å²) >= 11 is 8.39. The molecule has 28 heavy (non-hydrogen) atoms. The standard InChI is InChI=1S/C17H21ClN4O3S3/c1-2-21-9-7-11-13(10-21)26-17(19-11)20-16(23)12-4-3-8-22(12)28(24,25)15-6-5-14(18)27-15/h5-6,12H,2-4,7-10H2,1H3,(H,19,20,23)/t12-/m0/s1. The van der Waals surface area contributed by atoms with Crippen molar-refractivity contribution in [1.29, 1.82) is 0 Å². The molecule has 0 saturated carbocycles. The Hall–Kier alpha value is -1.04. The average Bonchev–Trinajstić information content (AvgIpc) is 3.39. The Labute approximate surface area is 177 Å². The zero-order valence-electron chi connectivity index (χ0n) is 15.4. The molecule has 0 aromatic carbocycles. The molecule has 0 unspecified atom stereocenters. The van der Waals surface area contributed by atoms with Crippen LogP contribution in [0.1, 0.15) is 30.3 Å². The largest absolute Gasteiger partial charge is 0.301 e. The number of nitrogens with zero attached hydrogens (tertiary/aromatic N) is 3. The summed E-state index contributed by atoms with van der Waals surface area (Å²) in [7, 11) is -3.73. The number of sulfonamides is 1. The van der Waals surface area contributed by atoms with Crippen LogP contribution in [-0.2, 0) is 27.8 Å². The van der Waals surface area contributed by atoms with Crippen LogP contribution in [-0.4, -0.2) is 54.2 Å². The third kappa shape index (κ3) is 3.86. The van der Waals surface area contributed by atoms with Gasteiger partial charge in [-0.05, 0) is 31.5 Å². The Balaban J connectivity index is 1.50. The summed E-state index contributed by atoms with van der Waals surface area (Å²) in [6, 6.07) is 2.33. The lowest BCUT2D eigenvalue weighted by Gasteiger charge is -2.23. The molecule has 152 valence electrons. The molecule has 1 atom stereocenters. The van der Waals surface area contributed by atoms with Crippen molar-refractivity contribution in [3.63, 3.8) is 0 Å². The minimum absolute atomic E-state index is 0.168. The molecule has 1 N–H and O–H groups in total. The highest BCUT2D eigenvalue weighted by Gasteiger charge is 2.40. The lowest BCUT2D eigenvalue weighted by molar-refractivity contribution is -0.119. The molecule has 7 nitrogen and oxygen atoms in total. The lowest BCUT2D eigenvalue weighted by atomic mass is 10.2. The van der Waals surface area contributed by atoms with Crippen LogP contribution in [0.25, 0.3) is 0 Å². The number of rotatable bonds is 5. The van der Waals surface area contributed by atoms with E-state index in [9.17, 15) is 13.2 Å². The molecule has 2 aliphatic heterocycles. The second-order valence-electron chi connectivity index (χ2n) is 6.83. The molecule has 2 aromatic heterocycles. The first-order chi connectivity index (χ1) is 13.4. The number of anilines is 1. The Morgan fingerprint density at radius 1 is 1.36 bits per heavy atom.